The molecule has 0 unspecified atom stereocenters. The molecule has 0 aliphatic rings. The molecule has 4 heteroatoms. The lowest BCUT2D eigenvalue weighted by atomic mass is 10.1. The SMILES string of the molecule is C[C@@H](NCC(=O)Nc1ccc(I)cc1)c1ccccc1. The predicted molar refractivity (Wildman–Crippen MR) is 90.6 cm³/mol. The van der Waals surface area contributed by atoms with Gasteiger partial charge < -0.3 is 10.6 Å². The van der Waals surface area contributed by atoms with Crippen LogP contribution in [0, 0.1) is 3.57 Å². The molecule has 2 aromatic rings. The van der Waals surface area contributed by atoms with Crippen molar-refractivity contribution in [2.24, 2.45) is 0 Å². The van der Waals surface area contributed by atoms with Crippen molar-refractivity contribution in [3.8, 4) is 0 Å². The van der Waals surface area contributed by atoms with Crippen LogP contribution in [0.5, 0.6) is 0 Å². The van der Waals surface area contributed by atoms with Gasteiger partial charge in [0.2, 0.25) is 5.91 Å². The highest BCUT2D eigenvalue weighted by Crippen LogP contribution is 2.12. The Morgan fingerprint density at radius 3 is 2.40 bits per heavy atom. The molecule has 0 fully saturated rings. The minimum absolute atomic E-state index is 0.0333. The molecule has 0 bridgehead atoms. The van der Waals surface area contributed by atoms with E-state index in [4.69, 9.17) is 0 Å². The van der Waals surface area contributed by atoms with E-state index in [1.807, 2.05) is 49.4 Å². The van der Waals surface area contributed by atoms with E-state index in [1.165, 1.54) is 5.56 Å². The second kappa shape index (κ2) is 7.40. The highest BCUT2D eigenvalue weighted by atomic mass is 127. The summed E-state index contributed by atoms with van der Waals surface area (Å²) < 4.78 is 1.15. The molecule has 2 aromatic carbocycles. The molecule has 104 valence electrons. The lowest BCUT2D eigenvalue weighted by Gasteiger charge is -2.14. The molecule has 2 rings (SSSR count). The van der Waals surface area contributed by atoms with Crippen LogP contribution in [0.3, 0.4) is 0 Å². The quantitative estimate of drug-likeness (QED) is 0.779. The monoisotopic (exact) mass is 380 g/mol. The standard InChI is InChI=1S/C16H17IN2O/c1-12(13-5-3-2-4-6-13)18-11-16(20)19-15-9-7-14(17)8-10-15/h2-10,12,18H,11H2,1H3,(H,19,20)/t12-/m1/s1. The molecule has 1 atom stereocenters. The number of nitrogens with one attached hydrogen (secondary N) is 2. The van der Waals surface area contributed by atoms with Crippen molar-refractivity contribution in [3.05, 3.63) is 63.7 Å². The van der Waals surface area contributed by atoms with E-state index in [-0.39, 0.29) is 11.9 Å². The minimum Gasteiger partial charge on any atom is -0.325 e. The number of carbonyl (C=O) groups is 1. The summed E-state index contributed by atoms with van der Waals surface area (Å²) in [5.41, 5.74) is 2.00. The number of amides is 1. The lowest BCUT2D eigenvalue weighted by Crippen LogP contribution is -2.30. The van der Waals surface area contributed by atoms with Crippen molar-refractivity contribution < 1.29 is 4.79 Å². The van der Waals surface area contributed by atoms with E-state index >= 15 is 0 Å². The first kappa shape index (κ1) is 15.0. The van der Waals surface area contributed by atoms with E-state index in [9.17, 15) is 4.79 Å². The van der Waals surface area contributed by atoms with Crippen molar-refractivity contribution >= 4 is 34.2 Å². The maximum atomic E-state index is 11.9. The molecular formula is C16H17IN2O. The van der Waals surface area contributed by atoms with Gasteiger partial charge in [-0.2, -0.15) is 0 Å². The van der Waals surface area contributed by atoms with Crippen LogP contribution in [-0.2, 0) is 4.79 Å². The molecule has 0 aliphatic heterocycles. The largest absolute Gasteiger partial charge is 0.325 e. The Morgan fingerprint density at radius 1 is 1.10 bits per heavy atom. The molecule has 1 amide bonds. The average molecular weight is 380 g/mol. The van der Waals surface area contributed by atoms with Crippen molar-refractivity contribution in [2.45, 2.75) is 13.0 Å². The third-order valence-electron chi connectivity index (χ3n) is 3.00. The fraction of sp³-hybridized carbons (Fsp3) is 0.188. The van der Waals surface area contributed by atoms with Gasteiger partial charge in [0.05, 0.1) is 6.54 Å². The summed E-state index contributed by atoms with van der Waals surface area (Å²) in [5, 5.41) is 6.09. The molecule has 0 aliphatic carbocycles. The van der Waals surface area contributed by atoms with Crippen LogP contribution in [0.1, 0.15) is 18.5 Å². The van der Waals surface area contributed by atoms with E-state index < -0.39 is 0 Å². The number of rotatable bonds is 5. The molecule has 20 heavy (non-hydrogen) atoms. The van der Waals surface area contributed by atoms with Gasteiger partial charge in [-0.15, -0.1) is 0 Å². The summed E-state index contributed by atoms with van der Waals surface area (Å²) in [7, 11) is 0. The molecular weight excluding hydrogens is 363 g/mol. The van der Waals surface area contributed by atoms with Crippen molar-refractivity contribution in [3.63, 3.8) is 0 Å². The van der Waals surface area contributed by atoms with Crippen molar-refractivity contribution in [2.75, 3.05) is 11.9 Å². The van der Waals surface area contributed by atoms with Crippen LogP contribution in [-0.4, -0.2) is 12.5 Å². The van der Waals surface area contributed by atoms with Gasteiger partial charge in [0.15, 0.2) is 0 Å². The first-order valence-electron chi connectivity index (χ1n) is 6.49. The second-order valence-electron chi connectivity index (χ2n) is 4.57. The number of carbonyl (C=O) groups excluding carboxylic acids is 1. The summed E-state index contributed by atoms with van der Waals surface area (Å²) in [6, 6.07) is 18.0. The Labute approximate surface area is 132 Å². The van der Waals surface area contributed by atoms with E-state index in [2.05, 4.69) is 45.4 Å². The van der Waals surface area contributed by atoms with Crippen molar-refractivity contribution in [1.82, 2.24) is 5.32 Å². The van der Waals surface area contributed by atoms with Gasteiger partial charge in [0, 0.05) is 15.3 Å². The highest BCUT2D eigenvalue weighted by molar-refractivity contribution is 14.1. The van der Waals surface area contributed by atoms with Gasteiger partial charge in [-0.1, -0.05) is 30.3 Å². The molecule has 0 heterocycles. The number of hydrogen-bond donors (Lipinski definition) is 2. The normalized spacial score (nSPS) is 11.9. The topological polar surface area (TPSA) is 41.1 Å². The lowest BCUT2D eigenvalue weighted by molar-refractivity contribution is -0.115. The van der Waals surface area contributed by atoms with Gasteiger partial charge in [0.25, 0.3) is 0 Å². The molecule has 0 saturated carbocycles. The molecule has 0 saturated heterocycles. The molecule has 0 radical (unpaired) electrons. The van der Waals surface area contributed by atoms with Crippen LogP contribution in [0.15, 0.2) is 54.6 Å². The van der Waals surface area contributed by atoms with Gasteiger partial charge in [0.1, 0.15) is 0 Å². The average Bonchev–Trinajstić information content (AvgIpc) is 2.48. The Kier molecular flexibility index (Phi) is 5.55. The summed E-state index contributed by atoms with van der Waals surface area (Å²) >= 11 is 2.24. The van der Waals surface area contributed by atoms with Gasteiger partial charge in [-0.05, 0) is 59.3 Å². The minimum atomic E-state index is -0.0333. The van der Waals surface area contributed by atoms with Crippen LogP contribution < -0.4 is 10.6 Å². The highest BCUT2D eigenvalue weighted by Gasteiger charge is 2.07. The number of benzene rings is 2. The van der Waals surface area contributed by atoms with Gasteiger partial charge in [-0.25, -0.2) is 0 Å². The predicted octanol–water partition coefficient (Wildman–Crippen LogP) is 3.58. The summed E-state index contributed by atoms with van der Waals surface area (Å²) in [4.78, 5) is 11.9. The number of anilines is 1. The van der Waals surface area contributed by atoms with Gasteiger partial charge >= 0.3 is 0 Å². The zero-order valence-electron chi connectivity index (χ0n) is 11.3. The Bertz CT molecular complexity index is 554. The van der Waals surface area contributed by atoms with Crippen LogP contribution in [0.25, 0.3) is 0 Å². The number of hydrogen-bond acceptors (Lipinski definition) is 2. The first-order chi connectivity index (χ1) is 9.65. The zero-order valence-corrected chi connectivity index (χ0v) is 13.4. The summed E-state index contributed by atoms with van der Waals surface area (Å²) in [6.45, 7) is 2.34. The van der Waals surface area contributed by atoms with E-state index in [0.29, 0.717) is 6.54 Å². The molecule has 0 spiro atoms. The van der Waals surface area contributed by atoms with Gasteiger partial charge in [-0.3, -0.25) is 4.79 Å². The van der Waals surface area contributed by atoms with E-state index in [0.717, 1.165) is 9.26 Å². The van der Waals surface area contributed by atoms with E-state index in [1.54, 1.807) is 0 Å². The fourth-order valence-electron chi connectivity index (χ4n) is 1.84. The first-order valence-corrected chi connectivity index (χ1v) is 7.57. The molecule has 3 nitrogen and oxygen atoms in total. The number of halogens is 1. The second-order valence-corrected chi connectivity index (χ2v) is 5.81. The third kappa shape index (κ3) is 4.61. The third-order valence-corrected chi connectivity index (χ3v) is 3.72. The zero-order chi connectivity index (χ0) is 14.4. The smallest absolute Gasteiger partial charge is 0.238 e. The van der Waals surface area contributed by atoms with Crippen LogP contribution >= 0.6 is 22.6 Å². The Morgan fingerprint density at radius 2 is 1.75 bits per heavy atom. The summed E-state index contributed by atoms with van der Waals surface area (Å²) in [6.07, 6.45) is 0. The molecule has 2 N–H and O–H groups in total. The van der Waals surface area contributed by atoms with Crippen molar-refractivity contribution in [1.29, 1.82) is 0 Å². The summed E-state index contributed by atoms with van der Waals surface area (Å²) in [5.74, 6) is -0.0333. The maximum Gasteiger partial charge on any atom is 0.238 e. The van der Waals surface area contributed by atoms with Crippen LogP contribution in [0.4, 0.5) is 5.69 Å². The Hall–Kier alpha value is -1.40. The Balaban J connectivity index is 1.82. The maximum absolute atomic E-state index is 11.9. The fourth-order valence-corrected chi connectivity index (χ4v) is 2.20. The van der Waals surface area contributed by atoms with Crippen LogP contribution in [0.2, 0.25) is 0 Å². The molecule has 0 aromatic heterocycles.